The van der Waals surface area contributed by atoms with Gasteiger partial charge < -0.3 is 10.6 Å². The van der Waals surface area contributed by atoms with E-state index in [1.807, 2.05) is 19.9 Å². The summed E-state index contributed by atoms with van der Waals surface area (Å²) >= 11 is 0. The summed E-state index contributed by atoms with van der Waals surface area (Å²) in [6.45, 7) is 3.72. The van der Waals surface area contributed by atoms with Crippen LogP contribution in [-0.4, -0.2) is 26.0 Å². The van der Waals surface area contributed by atoms with Gasteiger partial charge in [-0.15, -0.1) is 0 Å². The summed E-state index contributed by atoms with van der Waals surface area (Å²) in [5.74, 6) is -1.30. The van der Waals surface area contributed by atoms with Crippen molar-refractivity contribution in [3.05, 3.63) is 155 Å². The molecule has 220 valence electrons. The first kappa shape index (κ1) is 29.9. The van der Waals surface area contributed by atoms with Gasteiger partial charge in [0.2, 0.25) is 0 Å². The molecule has 3 N–H and O–H groups in total. The van der Waals surface area contributed by atoms with Crippen LogP contribution in [0.15, 0.2) is 126 Å². The fourth-order valence-electron chi connectivity index (χ4n) is 4.53. The van der Waals surface area contributed by atoms with E-state index in [4.69, 9.17) is 0 Å². The van der Waals surface area contributed by atoms with Crippen molar-refractivity contribution in [1.29, 1.82) is 0 Å². The van der Waals surface area contributed by atoms with Crippen molar-refractivity contribution in [2.75, 3.05) is 15.4 Å². The minimum atomic E-state index is -3.87. The molecule has 0 bridgehead atoms. The second kappa shape index (κ2) is 12.8. The molecular formula is C35H29N3O5S. The van der Waals surface area contributed by atoms with Crippen LogP contribution in [0.3, 0.4) is 0 Å². The number of amides is 2. The van der Waals surface area contributed by atoms with Gasteiger partial charge in [-0.3, -0.25) is 19.1 Å². The quantitative estimate of drug-likeness (QED) is 0.159. The number of hydrogen-bond acceptors (Lipinski definition) is 5. The van der Waals surface area contributed by atoms with E-state index < -0.39 is 21.8 Å². The topological polar surface area (TPSA) is 121 Å². The molecule has 0 spiro atoms. The van der Waals surface area contributed by atoms with Crippen molar-refractivity contribution in [2.45, 2.75) is 18.7 Å². The number of benzene rings is 5. The van der Waals surface area contributed by atoms with Crippen molar-refractivity contribution in [3.63, 3.8) is 0 Å². The molecule has 8 nitrogen and oxygen atoms in total. The van der Waals surface area contributed by atoms with E-state index in [-0.39, 0.29) is 33.2 Å². The lowest BCUT2D eigenvalue weighted by molar-refractivity contribution is 0.102. The van der Waals surface area contributed by atoms with E-state index >= 15 is 0 Å². The van der Waals surface area contributed by atoms with E-state index in [0.29, 0.717) is 16.8 Å². The molecule has 5 rings (SSSR count). The van der Waals surface area contributed by atoms with Crippen LogP contribution in [0.1, 0.15) is 47.8 Å². The van der Waals surface area contributed by atoms with E-state index in [1.165, 1.54) is 24.3 Å². The Bertz CT molecular complexity index is 1970. The molecular weight excluding hydrogens is 574 g/mol. The highest BCUT2D eigenvalue weighted by Gasteiger charge is 2.20. The van der Waals surface area contributed by atoms with Crippen LogP contribution >= 0.6 is 0 Å². The molecule has 9 heteroatoms. The van der Waals surface area contributed by atoms with Gasteiger partial charge in [-0.25, -0.2) is 8.42 Å². The fourth-order valence-corrected chi connectivity index (χ4v) is 5.58. The van der Waals surface area contributed by atoms with Crippen LogP contribution in [-0.2, 0) is 10.0 Å². The third-order valence-corrected chi connectivity index (χ3v) is 8.23. The Hall–Kier alpha value is -5.54. The minimum absolute atomic E-state index is 0.0973. The van der Waals surface area contributed by atoms with Gasteiger partial charge in [-0.1, -0.05) is 77.9 Å². The number of ketones is 1. The molecule has 0 aliphatic rings. The van der Waals surface area contributed by atoms with Crippen LogP contribution < -0.4 is 15.4 Å². The van der Waals surface area contributed by atoms with Gasteiger partial charge in [0.15, 0.2) is 5.78 Å². The summed E-state index contributed by atoms with van der Waals surface area (Å²) in [5.41, 5.74) is 3.76. The maximum absolute atomic E-state index is 13.5. The molecule has 0 saturated heterocycles. The summed E-state index contributed by atoms with van der Waals surface area (Å²) in [6, 6.07) is 32.9. The summed E-state index contributed by atoms with van der Waals surface area (Å²) in [6.07, 6.45) is 0. The Balaban J connectivity index is 1.35. The largest absolute Gasteiger partial charge is 0.321 e. The molecule has 0 aliphatic carbocycles. The highest BCUT2D eigenvalue weighted by Crippen LogP contribution is 2.25. The van der Waals surface area contributed by atoms with Crippen LogP contribution in [0.2, 0.25) is 0 Å². The summed E-state index contributed by atoms with van der Waals surface area (Å²) in [7, 11) is -3.87. The first-order valence-electron chi connectivity index (χ1n) is 13.7. The number of nitrogens with one attached hydrogen (secondary N) is 3. The number of carbonyl (C=O) groups is 3. The molecule has 0 saturated carbocycles. The first-order valence-corrected chi connectivity index (χ1v) is 15.2. The zero-order chi connectivity index (χ0) is 31.3. The van der Waals surface area contributed by atoms with Crippen molar-refractivity contribution in [2.24, 2.45) is 0 Å². The Morgan fingerprint density at radius 2 is 1.16 bits per heavy atom. The molecule has 0 atom stereocenters. The molecule has 0 fully saturated rings. The highest BCUT2D eigenvalue weighted by molar-refractivity contribution is 7.92. The van der Waals surface area contributed by atoms with Gasteiger partial charge in [-0.2, -0.15) is 0 Å². The average molecular weight is 604 g/mol. The van der Waals surface area contributed by atoms with Crippen LogP contribution in [0.5, 0.6) is 0 Å². The van der Waals surface area contributed by atoms with E-state index in [0.717, 1.165) is 11.1 Å². The maximum atomic E-state index is 13.5. The Morgan fingerprint density at radius 1 is 0.545 bits per heavy atom. The lowest BCUT2D eigenvalue weighted by Gasteiger charge is -2.15. The first-order chi connectivity index (χ1) is 21.1. The van der Waals surface area contributed by atoms with Crippen molar-refractivity contribution in [1.82, 2.24) is 0 Å². The van der Waals surface area contributed by atoms with Gasteiger partial charge >= 0.3 is 0 Å². The second-order valence-corrected chi connectivity index (χ2v) is 11.9. The second-order valence-electron chi connectivity index (χ2n) is 10.2. The molecule has 5 aromatic rings. The number of para-hydroxylation sites is 1. The minimum Gasteiger partial charge on any atom is -0.321 e. The fraction of sp³-hybridized carbons (Fsp3) is 0.0571. The van der Waals surface area contributed by atoms with Gasteiger partial charge in [0.05, 0.1) is 21.8 Å². The third kappa shape index (κ3) is 6.91. The third-order valence-electron chi connectivity index (χ3n) is 6.83. The normalized spacial score (nSPS) is 11.0. The zero-order valence-corrected chi connectivity index (χ0v) is 24.8. The number of rotatable bonds is 9. The smallest absolute Gasteiger partial charge is 0.261 e. The van der Waals surface area contributed by atoms with Crippen LogP contribution in [0.4, 0.5) is 17.1 Å². The molecule has 5 aromatic carbocycles. The monoisotopic (exact) mass is 603 g/mol. The molecule has 2 amide bonds. The predicted octanol–water partition coefficient (Wildman–Crippen LogP) is 6.84. The highest BCUT2D eigenvalue weighted by atomic mass is 32.2. The SMILES string of the molecule is Cc1ccc(S(=O)(=O)Nc2cccc(C(=O)Nc3ccccc3C(=O)Nc3ccc(C)cc3C(=O)c3ccccc3)c2)cc1. The number of hydrogen-bond donors (Lipinski definition) is 3. The molecule has 0 heterocycles. The number of carbonyl (C=O) groups excluding carboxylic acids is 3. The molecule has 0 unspecified atom stereocenters. The van der Waals surface area contributed by atoms with Gasteiger partial charge in [0.25, 0.3) is 21.8 Å². The van der Waals surface area contributed by atoms with Crippen LogP contribution in [0.25, 0.3) is 0 Å². The number of aryl methyl sites for hydroxylation is 2. The maximum Gasteiger partial charge on any atom is 0.261 e. The summed E-state index contributed by atoms with van der Waals surface area (Å²) in [5, 5.41) is 5.57. The molecule has 0 aliphatic heterocycles. The Kier molecular flexibility index (Phi) is 8.68. The zero-order valence-electron chi connectivity index (χ0n) is 24.0. The standard InChI is InChI=1S/C35H29N3O5S/c1-23-15-18-28(19-16-23)44(42,43)38-27-12-8-11-26(22-27)34(40)36-31-14-7-6-13-29(31)35(41)37-32-20-17-24(2)21-30(32)33(39)25-9-4-3-5-10-25/h3-22,38H,1-2H3,(H,36,40)(H,37,41). The molecule has 0 radical (unpaired) electrons. The summed E-state index contributed by atoms with van der Waals surface area (Å²) in [4.78, 5) is 40.1. The number of sulfonamides is 1. The van der Waals surface area contributed by atoms with E-state index in [9.17, 15) is 22.8 Å². The van der Waals surface area contributed by atoms with Gasteiger partial charge in [0, 0.05) is 22.4 Å². The van der Waals surface area contributed by atoms with Crippen molar-refractivity contribution >= 4 is 44.7 Å². The van der Waals surface area contributed by atoms with Gasteiger partial charge in [0.1, 0.15) is 0 Å². The Morgan fingerprint density at radius 3 is 1.91 bits per heavy atom. The Labute approximate surface area is 255 Å². The lowest BCUT2D eigenvalue weighted by Crippen LogP contribution is -2.20. The van der Waals surface area contributed by atoms with Crippen LogP contribution in [0, 0.1) is 13.8 Å². The average Bonchev–Trinajstić information content (AvgIpc) is 3.02. The van der Waals surface area contributed by atoms with E-state index in [1.54, 1.807) is 91.0 Å². The molecule has 44 heavy (non-hydrogen) atoms. The van der Waals surface area contributed by atoms with Crippen molar-refractivity contribution < 1.29 is 22.8 Å². The number of anilines is 3. The lowest BCUT2D eigenvalue weighted by atomic mass is 9.99. The van der Waals surface area contributed by atoms with E-state index in [2.05, 4.69) is 15.4 Å². The van der Waals surface area contributed by atoms with Gasteiger partial charge in [-0.05, 0) is 68.4 Å². The van der Waals surface area contributed by atoms with Crippen molar-refractivity contribution in [3.8, 4) is 0 Å². The summed E-state index contributed by atoms with van der Waals surface area (Å²) < 4.78 is 28.2. The predicted molar refractivity (Wildman–Crippen MR) is 172 cm³/mol. The molecule has 0 aromatic heterocycles.